The number of benzene rings is 1. The summed E-state index contributed by atoms with van der Waals surface area (Å²) < 4.78 is 12.7. The fraction of sp³-hybridized carbons (Fsp3) is 0.739. The molecule has 2 heterocycles. The minimum atomic E-state index is -0.488. The first kappa shape index (κ1) is 20.8. The van der Waals surface area contributed by atoms with Crippen LogP contribution in [0.15, 0.2) is 30.3 Å². The molecule has 2 aliphatic rings. The van der Waals surface area contributed by atoms with Crippen LogP contribution in [-0.2, 0) is 14.3 Å². The SMILES string of the molecule is CCC1(CC)CC2(CC(C)(C)N1OC(C)c1ccccc1)OCC(C)CO2. The maximum Gasteiger partial charge on any atom is 0.171 e. The minimum Gasteiger partial charge on any atom is -0.349 e. The molecule has 152 valence electrons. The van der Waals surface area contributed by atoms with Crippen LogP contribution in [0.3, 0.4) is 0 Å². The van der Waals surface area contributed by atoms with Gasteiger partial charge in [-0.25, -0.2) is 0 Å². The Morgan fingerprint density at radius 1 is 1.07 bits per heavy atom. The van der Waals surface area contributed by atoms with Crippen molar-refractivity contribution in [2.75, 3.05) is 13.2 Å². The number of nitrogens with zero attached hydrogens (tertiary/aromatic N) is 1. The highest BCUT2D eigenvalue weighted by Gasteiger charge is 2.58. The van der Waals surface area contributed by atoms with E-state index in [1.807, 2.05) is 6.07 Å². The Labute approximate surface area is 165 Å². The first-order chi connectivity index (χ1) is 12.8. The predicted octanol–water partition coefficient (Wildman–Crippen LogP) is 5.49. The van der Waals surface area contributed by atoms with Gasteiger partial charge >= 0.3 is 0 Å². The van der Waals surface area contributed by atoms with Gasteiger partial charge in [0.05, 0.1) is 18.8 Å². The second-order valence-electron chi connectivity index (χ2n) is 9.19. The molecule has 0 saturated carbocycles. The van der Waals surface area contributed by atoms with Crippen molar-refractivity contribution in [3.8, 4) is 0 Å². The molecule has 1 aromatic rings. The molecule has 0 aromatic heterocycles. The largest absolute Gasteiger partial charge is 0.349 e. The van der Waals surface area contributed by atoms with Crippen LogP contribution in [0.5, 0.6) is 0 Å². The predicted molar refractivity (Wildman–Crippen MR) is 108 cm³/mol. The summed E-state index contributed by atoms with van der Waals surface area (Å²) in [6, 6.07) is 10.5. The van der Waals surface area contributed by atoms with Crippen molar-refractivity contribution in [2.24, 2.45) is 5.92 Å². The van der Waals surface area contributed by atoms with Crippen molar-refractivity contribution in [3.63, 3.8) is 0 Å². The molecule has 2 saturated heterocycles. The summed E-state index contributed by atoms with van der Waals surface area (Å²) in [6.07, 6.45) is 3.67. The maximum absolute atomic E-state index is 6.67. The number of rotatable bonds is 5. The summed E-state index contributed by atoms with van der Waals surface area (Å²) in [6.45, 7) is 14.9. The van der Waals surface area contributed by atoms with Crippen LogP contribution in [-0.4, -0.2) is 35.1 Å². The van der Waals surface area contributed by atoms with Gasteiger partial charge in [0.25, 0.3) is 0 Å². The molecule has 0 amide bonds. The van der Waals surface area contributed by atoms with Gasteiger partial charge < -0.3 is 9.47 Å². The highest BCUT2D eigenvalue weighted by Crippen LogP contribution is 2.51. The van der Waals surface area contributed by atoms with Crippen molar-refractivity contribution in [1.82, 2.24) is 5.06 Å². The summed E-state index contributed by atoms with van der Waals surface area (Å²) in [5.74, 6) is -0.0264. The maximum atomic E-state index is 6.67. The van der Waals surface area contributed by atoms with Gasteiger partial charge in [0.15, 0.2) is 5.79 Å². The number of hydrogen-bond donors (Lipinski definition) is 0. The van der Waals surface area contributed by atoms with Crippen molar-refractivity contribution >= 4 is 0 Å². The van der Waals surface area contributed by atoms with Gasteiger partial charge in [-0.2, -0.15) is 5.06 Å². The third-order valence-electron chi connectivity index (χ3n) is 6.39. The van der Waals surface area contributed by atoms with Gasteiger partial charge in [-0.15, -0.1) is 0 Å². The Hall–Kier alpha value is -0.940. The average Bonchev–Trinajstić information content (AvgIpc) is 2.66. The minimum absolute atomic E-state index is 0.00483. The molecular weight excluding hydrogens is 338 g/mol. The third-order valence-corrected chi connectivity index (χ3v) is 6.39. The lowest BCUT2D eigenvalue weighted by atomic mass is 9.73. The molecule has 0 radical (unpaired) electrons. The van der Waals surface area contributed by atoms with E-state index in [2.05, 4.69) is 70.9 Å². The second-order valence-corrected chi connectivity index (χ2v) is 9.19. The number of hydrogen-bond acceptors (Lipinski definition) is 4. The van der Waals surface area contributed by atoms with Gasteiger partial charge in [-0.05, 0) is 39.2 Å². The molecule has 4 nitrogen and oxygen atoms in total. The van der Waals surface area contributed by atoms with E-state index in [0.717, 1.165) is 38.9 Å². The fourth-order valence-electron chi connectivity index (χ4n) is 4.88. The van der Waals surface area contributed by atoms with Crippen LogP contribution in [0.1, 0.15) is 78.9 Å². The summed E-state index contributed by atoms with van der Waals surface area (Å²) in [7, 11) is 0. The number of piperidine rings is 1. The van der Waals surface area contributed by atoms with Crippen molar-refractivity contribution in [1.29, 1.82) is 0 Å². The van der Waals surface area contributed by atoms with Crippen LogP contribution in [0.4, 0.5) is 0 Å². The molecule has 1 atom stereocenters. The molecule has 4 heteroatoms. The van der Waals surface area contributed by atoms with E-state index in [4.69, 9.17) is 14.3 Å². The van der Waals surface area contributed by atoms with E-state index in [-0.39, 0.29) is 17.2 Å². The zero-order valence-corrected chi connectivity index (χ0v) is 18.0. The topological polar surface area (TPSA) is 30.9 Å². The van der Waals surface area contributed by atoms with Crippen LogP contribution in [0.2, 0.25) is 0 Å². The summed E-state index contributed by atoms with van der Waals surface area (Å²) in [5, 5.41) is 2.29. The quantitative estimate of drug-likeness (QED) is 0.681. The molecule has 0 aliphatic carbocycles. The lowest BCUT2D eigenvalue weighted by Crippen LogP contribution is -2.69. The lowest BCUT2D eigenvalue weighted by Gasteiger charge is -2.60. The molecule has 1 unspecified atom stereocenters. The summed E-state index contributed by atoms with van der Waals surface area (Å²) in [4.78, 5) is 6.67. The molecule has 1 spiro atoms. The Morgan fingerprint density at radius 3 is 2.22 bits per heavy atom. The zero-order chi connectivity index (χ0) is 19.7. The Kier molecular flexibility index (Phi) is 6.02. The smallest absolute Gasteiger partial charge is 0.171 e. The van der Waals surface area contributed by atoms with E-state index in [0.29, 0.717) is 5.92 Å². The molecule has 27 heavy (non-hydrogen) atoms. The van der Waals surface area contributed by atoms with Gasteiger partial charge in [0, 0.05) is 24.3 Å². The number of hydroxylamine groups is 2. The highest BCUT2D eigenvalue weighted by molar-refractivity contribution is 5.17. The van der Waals surface area contributed by atoms with E-state index in [9.17, 15) is 0 Å². The van der Waals surface area contributed by atoms with Crippen molar-refractivity contribution in [2.45, 2.75) is 90.2 Å². The lowest BCUT2D eigenvalue weighted by molar-refractivity contribution is -0.388. The molecule has 1 aromatic carbocycles. The molecule has 2 fully saturated rings. The van der Waals surface area contributed by atoms with Gasteiger partial charge in [-0.3, -0.25) is 4.84 Å². The average molecular weight is 376 g/mol. The standard InChI is InChI=1S/C23H37NO3/c1-7-22(8-2)17-23(25-14-18(3)15-26-23)16-21(5,6)24(22)27-19(4)20-12-10-9-11-13-20/h9-13,18-19H,7-8,14-17H2,1-6H3. The highest BCUT2D eigenvalue weighted by atomic mass is 16.7. The van der Waals surface area contributed by atoms with Crippen molar-refractivity contribution < 1.29 is 14.3 Å². The van der Waals surface area contributed by atoms with Crippen LogP contribution in [0.25, 0.3) is 0 Å². The molecular formula is C23H37NO3. The first-order valence-corrected chi connectivity index (χ1v) is 10.6. The summed E-state index contributed by atoms with van der Waals surface area (Å²) in [5.41, 5.74) is 0.910. The van der Waals surface area contributed by atoms with Crippen molar-refractivity contribution in [3.05, 3.63) is 35.9 Å². The molecule has 2 aliphatic heterocycles. The Morgan fingerprint density at radius 2 is 1.67 bits per heavy atom. The van der Waals surface area contributed by atoms with Crippen LogP contribution < -0.4 is 0 Å². The van der Waals surface area contributed by atoms with Gasteiger partial charge in [-0.1, -0.05) is 51.1 Å². The number of ether oxygens (including phenoxy) is 2. The Bertz CT molecular complexity index is 603. The zero-order valence-electron chi connectivity index (χ0n) is 18.0. The normalized spacial score (nSPS) is 31.7. The third kappa shape index (κ3) is 4.09. The van der Waals surface area contributed by atoms with Crippen LogP contribution in [0, 0.1) is 5.92 Å². The monoisotopic (exact) mass is 375 g/mol. The second kappa shape index (κ2) is 7.82. The van der Waals surface area contributed by atoms with Gasteiger partial charge in [0.2, 0.25) is 0 Å². The first-order valence-electron chi connectivity index (χ1n) is 10.6. The van der Waals surface area contributed by atoms with E-state index in [1.165, 1.54) is 5.56 Å². The van der Waals surface area contributed by atoms with E-state index in [1.54, 1.807) is 0 Å². The molecule has 3 rings (SSSR count). The van der Waals surface area contributed by atoms with Crippen LogP contribution >= 0.6 is 0 Å². The Balaban J connectivity index is 1.88. The molecule has 0 N–H and O–H groups in total. The van der Waals surface area contributed by atoms with Gasteiger partial charge in [0.1, 0.15) is 6.10 Å². The summed E-state index contributed by atoms with van der Waals surface area (Å²) >= 11 is 0. The van der Waals surface area contributed by atoms with E-state index >= 15 is 0 Å². The fourth-order valence-corrected chi connectivity index (χ4v) is 4.88. The molecule has 0 bridgehead atoms. The van der Waals surface area contributed by atoms with E-state index < -0.39 is 5.79 Å².